The maximum absolute atomic E-state index is 5.10. The molecule has 272 valence electrons. The van der Waals surface area contributed by atoms with Gasteiger partial charge in [-0.15, -0.1) is 11.3 Å². The van der Waals surface area contributed by atoms with Gasteiger partial charge in [-0.2, -0.15) is 0 Å². The molecule has 0 aliphatic heterocycles. The number of para-hydroxylation sites is 1. The van der Waals surface area contributed by atoms with Gasteiger partial charge in [0, 0.05) is 78.5 Å². The SMILES string of the molecule is c1ccc(-c2sc3c(ccc4c3c3ccccc3n4-c3ccc(-c4cc(-c5ccc(-c6ccncc6)cc5)nc(-c5ccncc5)n4)cc3)c2-c2ccccc2)cc1. The van der Waals surface area contributed by atoms with Crippen molar-refractivity contribution < 1.29 is 0 Å². The number of nitrogens with zero attached hydrogens (tertiary/aromatic N) is 5. The van der Waals surface area contributed by atoms with Gasteiger partial charge in [-0.1, -0.05) is 121 Å². The number of fused-ring (bicyclic) bond motifs is 5. The van der Waals surface area contributed by atoms with Crippen molar-refractivity contribution >= 4 is 43.2 Å². The lowest BCUT2D eigenvalue weighted by Crippen LogP contribution is -1.97. The summed E-state index contributed by atoms with van der Waals surface area (Å²) in [4.78, 5) is 19.8. The van der Waals surface area contributed by atoms with Gasteiger partial charge in [0.15, 0.2) is 5.82 Å². The van der Waals surface area contributed by atoms with Crippen molar-refractivity contribution in [2.24, 2.45) is 0 Å². The van der Waals surface area contributed by atoms with E-state index in [1.807, 2.05) is 48.0 Å². The Morgan fingerprint density at radius 3 is 1.62 bits per heavy atom. The molecule has 58 heavy (non-hydrogen) atoms. The molecule has 6 heteroatoms. The van der Waals surface area contributed by atoms with Crippen LogP contribution in [0, 0.1) is 0 Å². The highest BCUT2D eigenvalue weighted by atomic mass is 32.1. The highest BCUT2D eigenvalue weighted by molar-refractivity contribution is 7.24. The molecule has 11 rings (SSSR count). The number of thiophene rings is 1. The summed E-state index contributed by atoms with van der Waals surface area (Å²) in [5.74, 6) is 0.657. The summed E-state index contributed by atoms with van der Waals surface area (Å²) >= 11 is 1.89. The number of hydrogen-bond acceptors (Lipinski definition) is 5. The minimum absolute atomic E-state index is 0.657. The molecule has 0 aliphatic carbocycles. The molecule has 0 fully saturated rings. The van der Waals surface area contributed by atoms with Crippen molar-refractivity contribution in [1.29, 1.82) is 0 Å². The first-order chi connectivity index (χ1) is 28.8. The predicted molar refractivity (Wildman–Crippen MR) is 240 cm³/mol. The molecule has 5 nitrogen and oxygen atoms in total. The van der Waals surface area contributed by atoms with E-state index < -0.39 is 0 Å². The predicted octanol–water partition coefficient (Wildman–Crippen LogP) is 13.6. The van der Waals surface area contributed by atoms with Crippen molar-refractivity contribution in [3.63, 3.8) is 0 Å². The molecule has 0 unspecified atom stereocenters. The largest absolute Gasteiger partial charge is 0.309 e. The Balaban J connectivity index is 1.04. The second kappa shape index (κ2) is 14.2. The maximum atomic E-state index is 5.10. The minimum atomic E-state index is 0.657. The van der Waals surface area contributed by atoms with Crippen molar-refractivity contribution in [2.45, 2.75) is 0 Å². The van der Waals surface area contributed by atoms with Crippen molar-refractivity contribution in [2.75, 3.05) is 0 Å². The Kier molecular flexibility index (Phi) is 8.26. The summed E-state index contributed by atoms with van der Waals surface area (Å²) in [5.41, 5.74) is 14.1. The fourth-order valence-electron chi connectivity index (χ4n) is 8.10. The minimum Gasteiger partial charge on any atom is -0.309 e. The van der Waals surface area contributed by atoms with E-state index >= 15 is 0 Å². The highest BCUT2D eigenvalue weighted by Crippen LogP contribution is 2.49. The zero-order valence-electron chi connectivity index (χ0n) is 31.2. The van der Waals surface area contributed by atoms with Crippen LogP contribution in [0.4, 0.5) is 0 Å². The molecule has 0 saturated carbocycles. The van der Waals surface area contributed by atoms with Crippen LogP contribution >= 0.6 is 11.3 Å². The summed E-state index contributed by atoms with van der Waals surface area (Å²) in [6.45, 7) is 0. The molecule has 0 N–H and O–H groups in total. The van der Waals surface area contributed by atoms with Gasteiger partial charge in [-0.05, 0) is 76.9 Å². The van der Waals surface area contributed by atoms with Gasteiger partial charge in [0.2, 0.25) is 0 Å². The highest BCUT2D eigenvalue weighted by Gasteiger charge is 2.22. The summed E-state index contributed by atoms with van der Waals surface area (Å²) in [7, 11) is 0. The first-order valence-electron chi connectivity index (χ1n) is 19.3. The van der Waals surface area contributed by atoms with Crippen LogP contribution in [-0.4, -0.2) is 24.5 Å². The molecule has 0 radical (unpaired) electrons. The van der Waals surface area contributed by atoms with E-state index in [2.05, 4.69) is 166 Å². The quantitative estimate of drug-likeness (QED) is 0.162. The topological polar surface area (TPSA) is 56.5 Å². The number of rotatable bonds is 7. The van der Waals surface area contributed by atoms with Crippen molar-refractivity contribution in [3.8, 4) is 72.3 Å². The second-order valence-corrected chi connectivity index (χ2v) is 15.3. The van der Waals surface area contributed by atoms with E-state index in [-0.39, 0.29) is 0 Å². The maximum Gasteiger partial charge on any atom is 0.160 e. The van der Waals surface area contributed by atoms with E-state index in [1.165, 1.54) is 53.5 Å². The first-order valence-corrected chi connectivity index (χ1v) is 20.1. The van der Waals surface area contributed by atoms with Crippen LogP contribution in [-0.2, 0) is 0 Å². The summed E-state index contributed by atoms with van der Waals surface area (Å²) in [6, 6.07) is 62.3. The lowest BCUT2D eigenvalue weighted by atomic mass is 9.98. The van der Waals surface area contributed by atoms with Crippen LogP contribution in [0.15, 0.2) is 201 Å². The molecule has 5 aromatic heterocycles. The molecule has 0 amide bonds. The monoisotopic (exact) mass is 759 g/mol. The third-order valence-electron chi connectivity index (χ3n) is 10.9. The number of benzene rings is 6. The molecule has 0 bridgehead atoms. The Hall–Kier alpha value is -7.54. The van der Waals surface area contributed by atoms with Crippen LogP contribution in [0.2, 0.25) is 0 Å². The Bertz CT molecular complexity index is 3230. The molecule has 6 aromatic carbocycles. The summed E-state index contributed by atoms with van der Waals surface area (Å²) < 4.78 is 3.70. The molecule has 0 spiro atoms. The van der Waals surface area contributed by atoms with E-state index in [9.17, 15) is 0 Å². The van der Waals surface area contributed by atoms with Gasteiger partial charge < -0.3 is 4.57 Å². The Morgan fingerprint density at radius 1 is 0.397 bits per heavy atom. The normalized spacial score (nSPS) is 11.4. The van der Waals surface area contributed by atoms with E-state index in [0.29, 0.717) is 5.82 Å². The smallest absolute Gasteiger partial charge is 0.160 e. The van der Waals surface area contributed by atoms with E-state index in [0.717, 1.165) is 44.9 Å². The lowest BCUT2D eigenvalue weighted by molar-refractivity contribution is 1.17. The van der Waals surface area contributed by atoms with Gasteiger partial charge in [0.05, 0.1) is 22.4 Å². The molecule has 5 heterocycles. The fraction of sp³-hybridized carbons (Fsp3) is 0. The van der Waals surface area contributed by atoms with Crippen LogP contribution in [0.3, 0.4) is 0 Å². The molecule has 0 aliphatic rings. The van der Waals surface area contributed by atoms with Crippen molar-refractivity contribution in [3.05, 3.63) is 201 Å². The van der Waals surface area contributed by atoms with Crippen molar-refractivity contribution in [1.82, 2.24) is 24.5 Å². The van der Waals surface area contributed by atoms with Crippen LogP contribution in [0.5, 0.6) is 0 Å². The first kappa shape index (κ1) is 33.8. The van der Waals surface area contributed by atoms with Gasteiger partial charge >= 0.3 is 0 Å². The fourth-order valence-corrected chi connectivity index (χ4v) is 9.49. The Morgan fingerprint density at radius 2 is 0.948 bits per heavy atom. The van der Waals surface area contributed by atoms with Gasteiger partial charge in [0.1, 0.15) is 0 Å². The molecule has 0 saturated heterocycles. The van der Waals surface area contributed by atoms with Gasteiger partial charge in [0.25, 0.3) is 0 Å². The van der Waals surface area contributed by atoms with Gasteiger partial charge in [-0.3, -0.25) is 9.97 Å². The zero-order valence-corrected chi connectivity index (χ0v) is 32.0. The molecular formula is C52H33N5S. The average molecular weight is 760 g/mol. The summed E-state index contributed by atoms with van der Waals surface area (Å²) in [6.07, 6.45) is 7.20. The van der Waals surface area contributed by atoms with Crippen LogP contribution in [0.1, 0.15) is 0 Å². The number of pyridine rings is 2. The standard InChI is InChI=1S/C52H33N5S/c1-3-9-38(10-4-1)48-43-23-24-47-49(51(43)58-50(48)39-11-5-2-6-12-39)42-13-7-8-14-46(42)57(47)41-21-19-37(20-22-41)45-33-44(55-52(56-45)40-27-31-54-32-28-40)36-17-15-34(16-18-36)35-25-29-53-30-26-35/h1-33H. The molecule has 0 atom stereocenters. The zero-order chi connectivity index (χ0) is 38.4. The lowest BCUT2D eigenvalue weighted by Gasteiger charge is -2.12. The van der Waals surface area contributed by atoms with Crippen LogP contribution in [0.25, 0.3) is 104 Å². The number of aromatic nitrogens is 5. The van der Waals surface area contributed by atoms with Gasteiger partial charge in [-0.25, -0.2) is 9.97 Å². The molecular weight excluding hydrogens is 727 g/mol. The number of hydrogen-bond donors (Lipinski definition) is 0. The third-order valence-corrected chi connectivity index (χ3v) is 12.1. The second-order valence-electron chi connectivity index (χ2n) is 14.3. The molecule has 11 aromatic rings. The summed E-state index contributed by atoms with van der Waals surface area (Å²) in [5, 5.41) is 3.79. The third kappa shape index (κ3) is 5.86. The van der Waals surface area contributed by atoms with E-state index in [4.69, 9.17) is 9.97 Å². The van der Waals surface area contributed by atoms with Crippen LogP contribution < -0.4 is 0 Å². The average Bonchev–Trinajstić information content (AvgIpc) is 3.87. The van der Waals surface area contributed by atoms with E-state index in [1.54, 1.807) is 12.4 Å². The Labute approximate surface area is 339 Å².